The van der Waals surface area contributed by atoms with Crippen LogP contribution in [0.25, 0.3) is 6.08 Å². The zero-order chi connectivity index (χ0) is 17.5. The quantitative estimate of drug-likeness (QED) is 0.549. The lowest BCUT2D eigenvalue weighted by molar-refractivity contribution is 0.291. The second-order valence-electron chi connectivity index (χ2n) is 7.05. The number of halogens is 1. The fourth-order valence-corrected chi connectivity index (χ4v) is 3.97. The van der Waals surface area contributed by atoms with Crippen LogP contribution in [0, 0.1) is 23.2 Å². The van der Waals surface area contributed by atoms with Gasteiger partial charge in [-0.25, -0.2) is 0 Å². The molecular weight excluding hydrogens is 370 g/mol. The van der Waals surface area contributed by atoms with Crippen LogP contribution in [-0.2, 0) is 6.42 Å². The van der Waals surface area contributed by atoms with E-state index >= 15 is 0 Å². The summed E-state index contributed by atoms with van der Waals surface area (Å²) in [5.41, 5.74) is 3.38. The molecule has 0 bridgehead atoms. The number of rotatable bonds is 5. The Balaban J connectivity index is 1.50. The first kappa shape index (κ1) is 18.0. The first-order valence-corrected chi connectivity index (χ1v) is 9.95. The van der Waals surface area contributed by atoms with Crippen molar-refractivity contribution in [2.75, 3.05) is 0 Å². The Hall–Kier alpha value is -1.85. The molecule has 1 aliphatic rings. The molecule has 0 aromatic heterocycles. The lowest BCUT2D eigenvalue weighted by atomic mass is 9.78. The molecule has 128 valence electrons. The summed E-state index contributed by atoms with van der Waals surface area (Å²) in [6.07, 6.45) is 12.4. The highest BCUT2D eigenvalue weighted by Crippen LogP contribution is 2.33. The van der Waals surface area contributed by atoms with Crippen LogP contribution in [0.2, 0.25) is 0 Å². The molecule has 0 heterocycles. The van der Waals surface area contributed by atoms with Gasteiger partial charge in [-0.2, -0.15) is 5.26 Å². The molecule has 0 saturated heterocycles. The van der Waals surface area contributed by atoms with E-state index in [1.54, 1.807) is 0 Å². The fourth-order valence-electron chi connectivity index (χ4n) is 3.71. The van der Waals surface area contributed by atoms with E-state index in [4.69, 9.17) is 5.26 Å². The first-order valence-electron chi connectivity index (χ1n) is 9.16. The first-order chi connectivity index (χ1) is 12.2. The molecule has 3 rings (SSSR count). The number of nitrogens with zero attached hydrogens (tertiary/aromatic N) is 1. The van der Waals surface area contributed by atoms with E-state index in [-0.39, 0.29) is 0 Å². The van der Waals surface area contributed by atoms with E-state index in [0.29, 0.717) is 5.92 Å². The topological polar surface area (TPSA) is 23.8 Å². The second-order valence-corrected chi connectivity index (χ2v) is 7.97. The molecule has 1 saturated carbocycles. The van der Waals surface area contributed by atoms with Crippen molar-refractivity contribution in [3.63, 3.8) is 0 Å². The van der Waals surface area contributed by atoms with Crippen LogP contribution in [0.3, 0.4) is 0 Å². The monoisotopic (exact) mass is 393 g/mol. The van der Waals surface area contributed by atoms with Gasteiger partial charge < -0.3 is 0 Å². The van der Waals surface area contributed by atoms with Crippen molar-refractivity contribution < 1.29 is 0 Å². The molecule has 0 radical (unpaired) electrons. The van der Waals surface area contributed by atoms with Gasteiger partial charge in [-0.3, -0.25) is 0 Å². The van der Waals surface area contributed by atoms with Crippen LogP contribution in [0.5, 0.6) is 0 Å². The van der Waals surface area contributed by atoms with Gasteiger partial charge in [0, 0.05) is 4.47 Å². The average Bonchev–Trinajstić information content (AvgIpc) is 2.67. The van der Waals surface area contributed by atoms with Crippen LogP contribution in [0.15, 0.2) is 59.1 Å². The highest BCUT2D eigenvalue weighted by molar-refractivity contribution is 9.10. The number of hydrogen-bond donors (Lipinski definition) is 0. The molecule has 0 N–H and O–H groups in total. The normalized spacial score (nSPS) is 20.5. The molecule has 0 amide bonds. The summed E-state index contributed by atoms with van der Waals surface area (Å²) in [6, 6.07) is 18.8. The molecule has 25 heavy (non-hydrogen) atoms. The minimum absolute atomic E-state index is 0.711. The molecule has 2 atom stereocenters. The van der Waals surface area contributed by atoms with Crippen molar-refractivity contribution in [1.29, 1.82) is 5.26 Å². The molecule has 1 nitrogen and oxygen atoms in total. The largest absolute Gasteiger partial charge is 0.192 e. The van der Waals surface area contributed by atoms with E-state index in [0.717, 1.165) is 22.4 Å². The highest BCUT2D eigenvalue weighted by atomic mass is 79.9. The standard InChI is InChI=1S/C23H24BrN/c24-23-14-12-19(13-15-23)5-9-21-3-1-2-20(16-21)8-4-18-6-10-22(17-25)11-7-18/h5-7,9-15,20-21H,1-4,8,16H2/t20-,21+/m0/s1. The summed E-state index contributed by atoms with van der Waals surface area (Å²) in [7, 11) is 0. The molecule has 0 aliphatic heterocycles. The van der Waals surface area contributed by atoms with Crippen molar-refractivity contribution in [1.82, 2.24) is 0 Å². The van der Waals surface area contributed by atoms with E-state index in [9.17, 15) is 0 Å². The Morgan fingerprint density at radius 3 is 2.52 bits per heavy atom. The minimum Gasteiger partial charge on any atom is -0.192 e. The molecule has 0 unspecified atom stereocenters. The fraction of sp³-hybridized carbons (Fsp3) is 0.348. The lowest BCUT2D eigenvalue weighted by Crippen LogP contribution is -2.14. The number of hydrogen-bond acceptors (Lipinski definition) is 1. The molecular formula is C23H24BrN. The minimum atomic E-state index is 0.711. The number of nitriles is 1. The van der Waals surface area contributed by atoms with Crippen LogP contribution < -0.4 is 0 Å². The predicted molar refractivity (Wildman–Crippen MR) is 108 cm³/mol. The van der Waals surface area contributed by atoms with E-state index in [1.807, 2.05) is 12.1 Å². The van der Waals surface area contributed by atoms with Gasteiger partial charge in [0.2, 0.25) is 0 Å². The number of allylic oxidation sites excluding steroid dienone is 1. The van der Waals surface area contributed by atoms with Crippen LogP contribution in [0.4, 0.5) is 0 Å². The SMILES string of the molecule is N#Cc1ccc(CC[C@@H]2CCC[C@H](C=Cc3ccc(Br)cc3)C2)cc1. The zero-order valence-electron chi connectivity index (χ0n) is 14.5. The Labute approximate surface area is 159 Å². The second kappa shape index (κ2) is 9.02. The van der Waals surface area contributed by atoms with Crippen LogP contribution in [-0.4, -0.2) is 0 Å². The molecule has 2 heteroatoms. The van der Waals surface area contributed by atoms with Crippen molar-refractivity contribution in [3.05, 3.63) is 75.8 Å². The van der Waals surface area contributed by atoms with E-state index < -0.39 is 0 Å². The van der Waals surface area contributed by atoms with Crippen LogP contribution >= 0.6 is 15.9 Å². The maximum atomic E-state index is 8.88. The van der Waals surface area contributed by atoms with Crippen LogP contribution in [0.1, 0.15) is 48.8 Å². The maximum Gasteiger partial charge on any atom is 0.0991 e. The molecule has 0 spiro atoms. The van der Waals surface area contributed by atoms with Gasteiger partial charge in [0.05, 0.1) is 11.6 Å². The summed E-state index contributed by atoms with van der Waals surface area (Å²) >= 11 is 3.49. The Morgan fingerprint density at radius 1 is 1.04 bits per heavy atom. The van der Waals surface area contributed by atoms with E-state index in [2.05, 4.69) is 70.5 Å². The predicted octanol–water partition coefficient (Wildman–Crippen LogP) is 6.77. The van der Waals surface area contributed by atoms with Crippen molar-refractivity contribution in [3.8, 4) is 6.07 Å². The third-order valence-electron chi connectivity index (χ3n) is 5.18. The summed E-state index contributed by atoms with van der Waals surface area (Å²) in [6.45, 7) is 0. The summed E-state index contributed by atoms with van der Waals surface area (Å²) < 4.78 is 1.13. The summed E-state index contributed by atoms with van der Waals surface area (Å²) in [5.74, 6) is 1.53. The molecule has 2 aromatic carbocycles. The number of aryl methyl sites for hydroxylation is 1. The molecule has 1 aliphatic carbocycles. The summed E-state index contributed by atoms with van der Waals surface area (Å²) in [5, 5.41) is 8.88. The Bertz CT molecular complexity index is 737. The average molecular weight is 394 g/mol. The van der Waals surface area contributed by atoms with Crippen molar-refractivity contribution in [2.24, 2.45) is 11.8 Å². The van der Waals surface area contributed by atoms with Gasteiger partial charge in [0.15, 0.2) is 0 Å². The van der Waals surface area contributed by atoms with Crippen molar-refractivity contribution in [2.45, 2.75) is 38.5 Å². The van der Waals surface area contributed by atoms with Gasteiger partial charge in [-0.15, -0.1) is 0 Å². The summed E-state index contributed by atoms with van der Waals surface area (Å²) in [4.78, 5) is 0. The third-order valence-corrected chi connectivity index (χ3v) is 5.71. The van der Waals surface area contributed by atoms with E-state index in [1.165, 1.54) is 43.2 Å². The van der Waals surface area contributed by atoms with Gasteiger partial charge in [0.25, 0.3) is 0 Å². The smallest absolute Gasteiger partial charge is 0.0991 e. The van der Waals surface area contributed by atoms with Crippen molar-refractivity contribution >= 4 is 22.0 Å². The van der Waals surface area contributed by atoms with Gasteiger partial charge in [0.1, 0.15) is 0 Å². The maximum absolute atomic E-state index is 8.88. The zero-order valence-corrected chi connectivity index (χ0v) is 16.1. The van der Waals surface area contributed by atoms with Gasteiger partial charge >= 0.3 is 0 Å². The highest BCUT2D eigenvalue weighted by Gasteiger charge is 2.20. The van der Waals surface area contributed by atoms with Gasteiger partial charge in [-0.05, 0) is 72.9 Å². The third kappa shape index (κ3) is 5.58. The lowest BCUT2D eigenvalue weighted by Gasteiger charge is -2.27. The molecule has 1 fully saturated rings. The Kier molecular flexibility index (Phi) is 6.48. The number of benzene rings is 2. The molecule has 2 aromatic rings. The Morgan fingerprint density at radius 2 is 1.80 bits per heavy atom. The van der Waals surface area contributed by atoms with Gasteiger partial charge in [-0.1, -0.05) is 65.2 Å².